The average Bonchev–Trinajstić information content (AvgIpc) is 2.11. The molecule has 0 aliphatic rings. The van der Waals surface area contributed by atoms with Gasteiger partial charge in [-0.1, -0.05) is 25.2 Å². The highest BCUT2D eigenvalue weighted by Crippen LogP contribution is 2.08. The van der Waals surface area contributed by atoms with E-state index in [1.54, 1.807) is 0 Å². The summed E-state index contributed by atoms with van der Waals surface area (Å²) in [5.41, 5.74) is 4.53. The predicted molar refractivity (Wildman–Crippen MR) is 57.2 cm³/mol. The Morgan fingerprint density at radius 2 is 2.08 bits per heavy atom. The molecule has 0 saturated heterocycles. The van der Waals surface area contributed by atoms with Crippen LogP contribution >= 0.6 is 0 Å². The molecule has 0 aromatic heterocycles. The highest BCUT2D eigenvalue weighted by atomic mass is 16.3. The number of hydrogen-bond acceptors (Lipinski definition) is 2. The van der Waals surface area contributed by atoms with Gasteiger partial charge in [-0.25, -0.2) is 0 Å². The molecule has 0 aromatic rings. The molecule has 1 atom stereocenters. The maximum Gasteiger partial charge on any atom is 0.116 e. The molecule has 0 aliphatic heterocycles. The van der Waals surface area contributed by atoms with Gasteiger partial charge < -0.3 is 10.8 Å². The van der Waals surface area contributed by atoms with E-state index in [1.165, 1.54) is 0 Å². The average molecular weight is 183 g/mol. The van der Waals surface area contributed by atoms with Gasteiger partial charge in [-0.2, -0.15) is 0 Å². The maximum absolute atomic E-state index is 9.44. The zero-order valence-corrected chi connectivity index (χ0v) is 8.50. The molecule has 0 aliphatic carbocycles. The Bertz CT molecular complexity index is 161. The number of aliphatic hydroxyl groups is 1. The fraction of sp³-hybridized carbons (Fsp3) is 0.636. The number of rotatable bonds is 7. The van der Waals surface area contributed by atoms with E-state index < -0.39 is 5.72 Å². The van der Waals surface area contributed by atoms with Crippen molar-refractivity contribution in [1.29, 1.82) is 0 Å². The van der Waals surface area contributed by atoms with Crippen molar-refractivity contribution in [3.05, 3.63) is 24.8 Å². The van der Waals surface area contributed by atoms with Crippen molar-refractivity contribution >= 4 is 0 Å². The Morgan fingerprint density at radius 1 is 1.38 bits per heavy atom. The van der Waals surface area contributed by atoms with Crippen LogP contribution in [0.3, 0.4) is 0 Å². The molecule has 0 radical (unpaired) electrons. The number of nitrogens with two attached hydrogens (primary N) is 1. The van der Waals surface area contributed by atoms with Crippen LogP contribution < -0.4 is 5.73 Å². The monoisotopic (exact) mass is 183 g/mol. The molecule has 0 fully saturated rings. The van der Waals surface area contributed by atoms with Crippen LogP contribution in [0.1, 0.15) is 39.0 Å². The van der Waals surface area contributed by atoms with Crippen molar-refractivity contribution in [1.82, 2.24) is 0 Å². The van der Waals surface area contributed by atoms with Gasteiger partial charge in [0, 0.05) is 6.42 Å². The van der Waals surface area contributed by atoms with Crippen LogP contribution in [-0.2, 0) is 0 Å². The van der Waals surface area contributed by atoms with Crippen molar-refractivity contribution < 1.29 is 5.11 Å². The number of allylic oxidation sites excluding steroid dienone is 2. The lowest BCUT2D eigenvalue weighted by Crippen LogP contribution is -2.37. The van der Waals surface area contributed by atoms with Crippen molar-refractivity contribution in [3.8, 4) is 0 Å². The first-order valence-corrected chi connectivity index (χ1v) is 4.89. The molecule has 76 valence electrons. The minimum atomic E-state index is -1.02. The number of unbranched alkanes of at least 4 members (excludes halogenated alkanes) is 2. The van der Waals surface area contributed by atoms with Gasteiger partial charge >= 0.3 is 0 Å². The zero-order chi connectivity index (χ0) is 10.2. The summed E-state index contributed by atoms with van der Waals surface area (Å²) in [4.78, 5) is 0. The van der Waals surface area contributed by atoms with Gasteiger partial charge in [0.05, 0.1) is 0 Å². The molecule has 0 amide bonds. The van der Waals surface area contributed by atoms with E-state index in [2.05, 4.69) is 12.7 Å². The SMILES string of the molecule is C=CCCCC=CCC(N)(O)CC. The molecule has 0 heterocycles. The summed E-state index contributed by atoms with van der Waals surface area (Å²) < 4.78 is 0. The lowest BCUT2D eigenvalue weighted by Gasteiger charge is -2.18. The van der Waals surface area contributed by atoms with Crippen molar-refractivity contribution in [2.75, 3.05) is 0 Å². The third-order valence-electron chi connectivity index (χ3n) is 2.03. The Kier molecular flexibility index (Phi) is 6.55. The van der Waals surface area contributed by atoms with Crippen molar-refractivity contribution in [2.24, 2.45) is 5.73 Å². The maximum atomic E-state index is 9.44. The normalized spacial score (nSPS) is 15.9. The van der Waals surface area contributed by atoms with E-state index in [9.17, 15) is 5.11 Å². The highest BCUT2D eigenvalue weighted by Gasteiger charge is 2.14. The van der Waals surface area contributed by atoms with Gasteiger partial charge in [0.2, 0.25) is 0 Å². The van der Waals surface area contributed by atoms with E-state index in [4.69, 9.17) is 5.73 Å². The zero-order valence-electron chi connectivity index (χ0n) is 8.50. The molecule has 0 spiro atoms. The van der Waals surface area contributed by atoms with Crippen molar-refractivity contribution in [3.63, 3.8) is 0 Å². The Balaban J connectivity index is 3.45. The molecule has 1 unspecified atom stereocenters. The van der Waals surface area contributed by atoms with E-state index in [0.717, 1.165) is 19.3 Å². The summed E-state index contributed by atoms with van der Waals surface area (Å²) in [6.45, 7) is 5.53. The number of hydrogen-bond donors (Lipinski definition) is 2. The molecular weight excluding hydrogens is 162 g/mol. The fourth-order valence-corrected chi connectivity index (χ4v) is 0.930. The quantitative estimate of drug-likeness (QED) is 0.361. The minimum absolute atomic E-state index is 0.539. The second-order valence-electron chi connectivity index (χ2n) is 3.35. The minimum Gasteiger partial charge on any atom is -0.376 e. The lowest BCUT2D eigenvalue weighted by molar-refractivity contribution is 0.0460. The molecule has 0 bridgehead atoms. The lowest BCUT2D eigenvalue weighted by atomic mass is 10.1. The predicted octanol–water partition coefficient (Wildman–Crippen LogP) is 2.35. The summed E-state index contributed by atoms with van der Waals surface area (Å²) in [5.74, 6) is 0. The molecule has 0 rings (SSSR count). The van der Waals surface area contributed by atoms with E-state index in [0.29, 0.717) is 12.8 Å². The van der Waals surface area contributed by atoms with Crippen LogP contribution in [0.4, 0.5) is 0 Å². The van der Waals surface area contributed by atoms with Gasteiger partial charge in [0.15, 0.2) is 0 Å². The van der Waals surface area contributed by atoms with Gasteiger partial charge in [0.1, 0.15) is 5.72 Å². The van der Waals surface area contributed by atoms with Crippen molar-refractivity contribution in [2.45, 2.75) is 44.8 Å². The molecule has 2 heteroatoms. The first kappa shape index (κ1) is 12.4. The summed E-state index contributed by atoms with van der Waals surface area (Å²) in [6.07, 6.45) is 10.3. The second-order valence-corrected chi connectivity index (χ2v) is 3.35. The van der Waals surface area contributed by atoms with Crippen LogP contribution in [-0.4, -0.2) is 10.8 Å². The third-order valence-corrected chi connectivity index (χ3v) is 2.03. The summed E-state index contributed by atoms with van der Waals surface area (Å²) in [7, 11) is 0. The smallest absolute Gasteiger partial charge is 0.116 e. The van der Waals surface area contributed by atoms with E-state index in [-0.39, 0.29) is 0 Å². The first-order chi connectivity index (χ1) is 6.12. The van der Waals surface area contributed by atoms with Crippen LogP contribution in [0, 0.1) is 0 Å². The van der Waals surface area contributed by atoms with Gasteiger partial charge in [-0.3, -0.25) is 0 Å². The second kappa shape index (κ2) is 6.87. The molecule has 0 aromatic carbocycles. The summed E-state index contributed by atoms with van der Waals surface area (Å²) in [6, 6.07) is 0. The summed E-state index contributed by atoms with van der Waals surface area (Å²) in [5, 5.41) is 9.44. The molecule has 3 N–H and O–H groups in total. The molecule has 0 saturated carbocycles. The standard InChI is InChI=1S/C11H21NO/c1-3-5-6-7-8-9-10-11(12,13)4-2/h3,8-9,13H,1,4-7,10,12H2,2H3. The van der Waals surface area contributed by atoms with Crippen LogP contribution in [0.25, 0.3) is 0 Å². The van der Waals surface area contributed by atoms with Gasteiger partial charge in [-0.05, 0) is 25.7 Å². The van der Waals surface area contributed by atoms with E-state index in [1.807, 2.05) is 19.1 Å². The summed E-state index contributed by atoms with van der Waals surface area (Å²) >= 11 is 0. The Labute approximate surface area is 81.1 Å². The topological polar surface area (TPSA) is 46.2 Å². The highest BCUT2D eigenvalue weighted by molar-refractivity contribution is 4.88. The molecule has 2 nitrogen and oxygen atoms in total. The van der Waals surface area contributed by atoms with Crippen LogP contribution in [0.15, 0.2) is 24.8 Å². The first-order valence-electron chi connectivity index (χ1n) is 4.89. The Morgan fingerprint density at radius 3 is 2.62 bits per heavy atom. The van der Waals surface area contributed by atoms with Gasteiger partial charge in [-0.15, -0.1) is 6.58 Å². The third kappa shape index (κ3) is 7.75. The van der Waals surface area contributed by atoms with E-state index >= 15 is 0 Å². The molecule has 13 heavy (non-hydrogen) atoms. The molecular formula is C11H21NO. The largest absolute Gasteiger partial charge is 0.376 e. The van der Waals surface area contributed by atoms with Crippen LogP contribution in [0.5, 0.6) is 0 Å². The Hall–Kier alpha value is -0.600. The fourth-order valence-electron chi connectivity index (χ4n) is 0.930. The van der Waals surface area contributed by atoms with Crippen LogP contribution in [0.2, 0.25) is 0 Å². The van der Waals surface area contributed by atoms with Gasteiger partial charge in [0.25, 0.3) is 0 Å².